The van der Waals surface area contributed by atoms with Crippen LogP contribution < -0.4 is 0 Å². The molecule has 0 aliphatic rings. The molecule has 0 aliphatic carbocycles. The summed E-state index contributed by atoms with van der Waals surface area (Å²) in [4.78, 5) is 22.5. The van der Waals surface area contributed by atoms with Gasteiger partial charge < -0.3 is 0 Å². The minimum atomic E-state index is 0.375. The van der Waals surface area contributed by atoms with Crippen molar-refractivity contribution in [1.82, 2.24) is 0 Å². The number of carbonyl (C=O) groups is 2. The van der Waals surface area contributed by atoms with Crippen molar-refractivity contribution in [1.29, 1.82) is 0 Å². The molecule has 0 saturated carbocycles. The van der Waals surface area contributed by atoms with Gasteiger partial charge in [-0.25, -0.2) is 0 Å². The van der Waals surface area contributed by atoms with E-state index in [1.165, 1.54) is 0 Å². The maximum Gasteiger partial charge on any atom is 0.132 e. The lowest BCUT2D eigenvalue weighted by Gasteiger charge is -2.01. The smallest absolute Gasteiger partial charge is 0.132 e. The van der Waals surface area contributed by atoms with Gasteiger partial charge in [0.2, 0.25) is 0 Å². The van der Waals surface area contributed by atoms with Crippen LogP contribution in [-0.4, -0.2) is 11.6 Å². The van der Waals surface area contributed by atoms with Crippen molar-refractivity contribution in [2.75, 3.05) is 0 Å². The van der Waals surface area contributed by atoms with E-state index in [1.807, 2.05) is 6.92 Å². The van der Waals surface area contributed by atoms with Crippen molar-refractivity contribution in [3.8, 4) is 0 Å². The molecule has 0 atom stereocenters. The van der Waals surface area contributed by atoms with Crippen molar-refractivity contribution in [2.24, 2.45) is 0 Å². The highest BCUT2D eigenvalue weighted by Gasteiger charge is 2.02. The Morgan fingerprint density at radius 3 is 1.62 bits per heavy atom. The summed E-state index contributed by atoms with van der Waals surface area (Å²) in [5, 5.41) is 0. The summed E-state index contributed by atoms with van der Waals surface area (Å²) in [6, 6.07) is 0. The van der Waals surface area contributed by atoms with Gasteiger partial charge in [0.15, 0.2) is 0 Å². The molecular weight excluding hydrogens is 200 g/mol. The van der Waals surface area contributed by atoms with Crippen LogP contribution in [0.5, 0.6) is 0 Å². The van der Waals surface area contributed by atoms with Crippen LogP contribution in [0, 0.1) is 0 Å². The van der Waals surface area contributed by atoms with Gasteiger partial charge in [-0.3, -0.25) is 9.59 Å². The van der Waals surface area contributed by atoms with Crippen LogP contribution in [0.2, 0.25) is 0 Å². The molecule has 0 aromatic heterocycles. The molecule has 0 radical (unpaired) electrons. The second-order valence-electron chi connectivity index (χ2n) is 4.49. The van der Waals surface area contributed by atoms with E-state index in [4.69, 9.17) is 0 Å². The molecule has 0 N–H and O–H groups in total. The molecule has 94 valence electrons. The standard InChI is InChI=1S/C14H26O2/c1-3-5-10-14(16)12-8-6-7-11-13(15)9-4-2/h3-12H2,1-2H3. The summed E-state index contributed by atoms with van der Waals surface area (Å²) in [5.41, 5.74) is 0. The quantitative estimate of drug-likeness (QED) is 0.498. The average Bonchev–Trinajstić information content (AvgIpc) is 2.26. The highest BCUT2D eigenvalue weighted by molar-refractivity contribution is 5.78. The van der Waals surface area contributed by atoms with Crippen molar-refractivity contribution < 1.29 is 9.59 Å². The summed E-state index contributed by atoms with van der Waals surface area (Å²) in [6.45, 7) is 4.14. The topological polar surface area (TPSA) is 34.1 Å². The van der Waals surface area contributed by atoms with E-state index >= 15 is 0 Å². The molecule has 0 fully saturated rings. The van der Waals surface area contributed by atoms with E-state index in [9.17, 15) is 9.59 Å². The largest absolute Gasteiger partial charge is 0.300 e. The molecule has 2 nitrogen and oxygen atoms in total. The predicted molar refractivity (Wildman–Crippen MR) is 67.5 cm³/mol. The van der Waals surface area contributed by atoms with E-state index in [-0.39, 0.29) is 0 Å². The van der Waals surface area contributed by atoms with E-state index in [1.54, 1.807) is 0 Å². The molecule has 16 heavy (non-hydrogen) atoms. The average molecular weight is 226 g/mol. The van der Waals surface area contributed by atoms with Crippen LogP contribution in [-0.2, 0) is 9.59 Å². The number of hydrogen-bond acceptors (Lipinski definition) is 2. The second-order valence-corrected chi connectivity index (χ2v) is 4.49. The van der Waals surface area contributed by atoms with Gasteiger partial charge in [0.25, 0.3) is 0 Å². The minimum Gasteiger partial charge on any atom is -0.300 e. The summed E-state index contributed by atoms with van der Waals surface area (Å²) in [7, 11) is 0. The number of rotatable bonds is 11. The predicted octanol–water partition coefficient (Wildman–Crippen LogP) is 4.07. The number of Topliss-reactive ketones (excluding diaryl/α,β-unsaturated/α-hetero) is 2. The third kappa shape index (κ3) is 9.88. The molecular formula is C14H26O2. The fraction of sp³-hybridized carbons (Fsp3) is 0.857. The van der Waals surface area contributed by atoms with Gasteiger partial charge in [-0.15, -0.1) is 0 Å². The molecule has 0 unspecified atom stereocenters. The first-order valence-electron chi connectivity index (χ1n) is 6.74. The van der Waals surface area contributed by atoms with Gasteiger partial charge in [0.1, 0.15) is 11.6 Å². The van der Waals surface area contributed by atoms with Crippen molar-refractivity contribution in [2.45, 2.75) is 78.1 Å². The Morgan fingerprint density at radius 1 is 0.625 bits per heavy atom. The number of hydrogen-bond donors (Lipinski definition) is 0. The molecule has 0 bridgehead atoms. The Bertz CT molecular complexity index is 197. The SMILES string of the molecule is CCCCC(=O)CCCCCC(=O)CCC. The lowest BCUT2D eigenvalue weighted by molar-refractivity contribution is -0.119. The molecule has 0 aromatic carbocycles. The van der Waals surface area contributed by atoms with Crippen LogP contribution in [0.4, 0.5) is 0 Å². The maximum absolute atomic E-state index is 11.3. The number of carbonyl (C=O) groups excluding carboxylic acids is 2. The monoisotopic (exact) mass is 226 g/mol. The van der Waals surface area contributed by atoms with Crippen LogP contribution in [0.15, 0.2) is 0 Å². The Hall–Kier alpha value is -0.660. The molecule has 0 rings (SSSR count). The van der Waals surface area contributed by atoms with Crippen LogP contribution in [0.3, 0.4) is 0 Å². The van der Waals surface area contributed by atoms with Gasteiger partial charge in [-0.05, 0) is 25.7 Å². The minimum absolute atomic E-state index is 0.375. The zero-order chi connectivity index (χ0) is 12.2. The Morgan fingerprint density at radius 2 is 1.12 bits per heavy atom. The van der Waals surface area contributed by atoms with Crippen molar-refractivity contribution >= 4 is 11.6 Å². The normalized spacial score (nSPS) is 10.4. The fourth-order valence-electron chi connectivity index (χ4n) is 1.72. The van der Waals surface area contributed by atoms with Gasteiger partial charge >= 0.3 is 0 Å². The van der Waals surface area contributed by atoms with Crippen LogP contribution in [0.25, 0.3) is 0 Å². The van der Waals surface area contributed by atoms with E-state index in [0.717, 1.165) is 51.4 Å². The first-order chi connectivity index (χ1) is 7.70. The molecule has 0 aromatic rings. The molecule has 0 aliphatic heterocycles. The van der Waals surface area contributed by atoms with E-state index in [0.29, 0.717) is 24.4 Å². The molecule has 0 heterocycles. The van der Waals surface area contributed by atoms with Gasteiger partial charge in [-0.2, -0.15) is 0 Å². The van der Waals surface area contributed by atoms with Crippen molar-refractivity contribution in [3.63, 3.8) is 0 Å². The number of ketones is 2. The second kappa shape index (κ2) is 10.8. The van der Waals surface area contributed by atoms with E-state index < -0.39 is 0 Å². The third-order valence-corrected chi connectivity index (χ3v) is 2.75. The zero-order valence-corrected chi connectivity index (χ0v) is 10.9. The van der Waals surface area contributed by atoms with Gasteiger partial charge in [0, 0.05) is 25.7 Å². The zero-order valence-electron chi connectivity index (χ0n) is 10.9. The summed E-state index contributed by atoms with van der Waals surface area (Å²) in [5.74, 6) is 0.765. The summed E-state index contributed by atoms with van der Waals surface area (Å²) in [6.07, 6.45) is 8.88. The first kappa shape index (κ1) is 15.3. The van der Waals surface area contributed by atoms with Crippen LogP contribution in [0.1, 0.15) is 78.1 Å². The molecule has 0 saturated heterocycles. The van der Waals surface area contributed by atoms with Gasteiger partial charge in [-0.1, -0.05) is 26.7 Å². The highest BCUT2D eigenvalue weighted by atomic mass is 16.1. The lowest BCUT2D eigenvalue weighted by atomic mass is 10.0. The first-order valence-corrected chi connectivity index (χ1v) is 6.74. The van der Waals surface area contributed by atoms with Crippen LogP contribution >= 0.6 is 0 Å². The third-order valence-electron chi connectivity index (χ3n) is 2.75. The molecule has 2 heteroatoms. The summed E-state index contributed by atoms with van der Waals surface area (Å²) < 4.78 is 0. The van der Waals surface area contributed by atoms with Gasteiger partial charge in [0.05, 0.1) is 0 Å². The molecule has 0 spiro atoms. The Balaban J connectivity index is 3.26. The number of unbranched alkanes of at least 4 members (excludes halogenated alkanes) is 3. The fourth-order valence-corrected chi connectivity index (χ4v) is 1.72. The highest BCUT2D eigenvalue weighted by Crippen LogP contribution is 2.08. The molecule has 0 amide bonds. The van der Waals surface area contributed by atoms with Crippen molar-refractivity contribution in [3.05, 3.63) is 0 Å². The summed E-state index contributed by atoms with van der Waals surface area (Å²) >= 11 is 0. The Labute approximate surface area is 99.8 Å². The Kier molecular flexibility index (Phi) is 10.4. The van der Waals surface area contributed by atoms with E-state index in [2.05, 4.69) is 6.92 Å². The lowest BCUT2D eigenvalue weighted by Crippen LogP contribution is -1.99. The maximum atomic E-state index is 11.3.